The van der Waals surface area contributed by atoms with E-state index in [1.807, 2.05) is 4.90 Å². The van der Waals surface area contributed by atoms with Gasteiger partial charge in [0.2, 0.25) is 5.91 Å². The van der Waals surface area contributed by atoms with Crippen molar-refractivity contribution >= 4 is 28.6 Å². The second-order valence-corrected chi connectivity index (χ2v) is 9.66. The summed E-state index contributed by atoms with van der Waals surface area (Å²) in [6.07, 6.45) is -3.32. The Hall–Kier alpha value is -3.80. The summed E-state index contributed by atoms with van der Waals surface area (Å²) >= 11 is 0. The predicted octanol–water partition coefficient (Wildman–Crippen LogP) is 3.00. The maximum absolute atomic E-state index is 12.9. The summed E-state index contributed by atoms with van der Waals surface area (Å²) in [5, 5.41) is 10.5. The Bertz CT molecular complexity index is 1320. The number of hydrogen-bond donors (Lipinski definition) is 1. The molecule has 0 unspecified atom stereocenters. The van der Waals surface area contributed by atoms with Crippen LogP contribution in [0.15, 0.2) is 42.5 Å². The Morgan fingerprint density at radius 2 is 1.53 bits per heavy atom. The van der Waals surface area contributed by atoms with E-state index in [1.54, 1.807) is 23.1 Å². The van der Waals surface area contributed by atoms with E-state index in [1.165, 1.54) is 0 Å². The highest BCUT2D eigenvalue weighted by atomic mass is 19.4. The van der Waals surface area contributed by atoms with Crippen LogP contribution in [-0.4, -0.2) is 93.0 Å². The van der Waals surface area contributed by atoms with Crippen LogP contribution in [0.1, 0.15) is 45.5 Å². The second-order valence-electron chi connectivity index (χ2n) is 9.66. The molecule has 0 atom stereocenters. The van der Waals surface area contributed by atoms with Crippen LogP contribution in [0.2, 0.25) is 0 Å². The number of Topliss-reactive ketones (excluding diaryl/α,β-unsaturated/α-hetero) is 1. The fourth-order valence-corrected chi connectivity index (χ4v) is 5.12. The average Bonchev–Trinajstić information content (AvgIpc) is 3.40. The minimum absolute atomic E-state index is 0.0346. The number of likely N-dealkylation sites (tertiary alicyclic amines) is 1. The van der Waals surface area contributed by atoms with Crippen LogP contribution >= 0.6 is 0 Å². The van der Waals surface area contributed by atoms with Crippen molar-refractivity contribution in [3.63, 3.8) is 0 Å². The smallest absolute Gasteiger partial charge is 0.342 e. The summed E-state index contributed by atoms with van der Waals surface area (Å²) in [4.78, 5) is 43.9. The van der Waals surface area contributed by atoms with Crippen LogP contribution < -0.4 is 0 Å². The number of halogens is 3. The quantitative estimate of drug-likeness (QED) is 0.404. The van der Waals surface area contributed by atoms with Crippen LogP contribution in [0.5, 0.6) is 0 Å². The molecule has 2 saturated heterocycles. The molecule has 12 heteroatoms. The highest BCUT2D eigenvalue weighted by Gasteiger charge is 2.32. The minimum Gasteiger partial charge on any atom is -0.342 e. The van der Waals surface area contributed by atoms with Crippen molar-refractivity contribution in [1.82, 2.24) is 30.1 Å². The van der Waals surface area contributed by atoms with Crippen molar-refractivity contribution in [2.24, 2.45) is 0 Å². The number of aromatic nitrogens is 3. The number of fused-ring (bicyclic) bond motifs is 1. The molecule has 2 aliphatic heterocycles. The molecule has 2 aliphatic rings. The Morgan fingerprint density at radius 1 is 0.868 bits per heavy atom. The summed E-state index contributed by atoms with van der Waals surface area (Å²) in [6, 6.07) is 9.52. The molecule has 2 aromatic carbocycles. The number of nitrogens with zero attached hydrogens (tertiary/aromatic N) is 5. The van der Waals surface area contributed by atoms with Gasteiger partial charge in [-0.1, -0.05) is 17.3 Å². The molecule has 3 aromatic rings. The van der Waals surface area contributed by atoms with Gasteiger partial charge in [-0.05, 0) is 43.2 Å². The molecule has 0 bridgehead atoms. The Morgan fingerprint density at radius 3 is 2.18 bits per heavy atom. The zero-order valence-corrected chi connectivity index (χ0v) is 20.6. The molecule has 0 radical (unpaired) electrons. The first-order chi connectivity index (χ1) is 18.2. The highest BCUT2D eigenvalue weighted by Crippen LogP contribution is 2.29. The zero-order valence-electron chi connectivity index (χ0n) is 20.6. The molecule has 200 valence electrons. The third kappa shape index (κ3) is 5.54. The molecule has 38 heavy (non-hydrogen) atoms. The van der Waals surface area contributed by atoms with Crippen LogP contribution in [-0.2, 0) is 11.0 Å². The van der Waals surface area contributed by atoms with Gasteiger partial charge in [-0.25, -0.2) is 0 Å². The van der Waals surface area contributed by atoms with E-state index in [2.05, 4.69) is 20.3 Å². The lowest BCUT2D eigenvalue weighted by Gasteiger charge is -2.42. The first kappa shape index (κ1) is 25.8. The lowest BCUT2D eigenvalue weighted by atomic mass is 10.0. The minimum atomic E-state index is -4.48. The molecule has 1 aromatic heterocycles. The maximum Gasteiger partial charge on any atom is 0.416 e. The number of rotatable bonds is 5. The summed E-state index contributed by atoms with van der Waals surface area (Å²) in [5.41, 5.74) is 1.27. The normalized spacial score (nSPS) is 17.7. The molecule has 1 N–H and O–H groups in total. The lowest BCUT2D eigenvalue weighted by Crippen LogP contribution is -2.54. The standard InChI is InChI=1S/C26H27F3N6O3/c27-26(28,29)19-4-1-17(2-5-19)23(36)16-24(37)34-9-7-20(8-10-34)33-11-13-35(14-12-33)25(38)18-3-6-21-22(15-18)31-32-30-21/h1-6,15,20H,7-14,16H2,(H,30,31,32). The van der Waals surface area contributed by atoms with E-state index in [0.29, 0.717) is 37.3 Å². The van der Waals surface area contributed by atoms with Crippen molar-refractivity contribution in [2.75, 3.05) is 39.3 Å². The fraction of sp³-hybridized carbons (Fsp3) is 0.423. The summed E-state index contributed by atoms with van der Waals surface area (Å²) in [5.74, 6) is -0.838. The zero-order chi connectivity index (χ0) is 26.9. The molecule has 0 aliphatic carbocycles. The average molecular weight is 529 g/mol. The SMILES string of the molecule is O=C(CC(=O)N1CCC(N2CCN(C(=O)c3ccc4[nH]nnc4c3)CC2)CC1)c1ccc(C(F)(F)F)cc1. The highest BCUT2D eigenvalue weighted by molar-refractivity contribution is 6.07. The number of ketones is 1. The molecule has 0 spiro atoms. The Balaban J connectivity index is 1.07. The number of benzene rings is 2. The topological polar surface area (TPSA) is 102 Å². The van der Waals surface area contributed by atoms with Gasteiger partial charge in [-0.2, -0.15) is 13.2 Å². The number of nitrogens with one attached hydrogen (secondary N) is 1. The fourth-order valence-electron chi connectivity index (χ4n) is 5.12. The van der Waals surface area contributed by atoms with Crippen molar-refractivity contribution in [3.8, 4) is 0 Å². The molecule has 2 amide bonds. The molecular weight excluding hydrogens is 501 g/mol. The molecule has 5 rings (SSSR count). The number of piperidine rings is 1. The monoisotopic (exact) mass is 528 g/mol. The molecule has 3 heterocycles. The number of piperazine rings is 1. The summed E-state index contributed by atoms with van der Waals surface area (Å²) in [6.45, 7) is 3.72. The molecular formula is C26H27F3N6O3. The van der Waals surface area contributed by atoms with E-state index >= 15 is 0 Å². The number of carbonyl (C=O) groups is 3. The van der Waals surface area contributed by atoms with Crippen LogP contribution in [0.25, 0.3) is 11.0 Å². The van der Waals surface area contributed by atoms with Crippen molar-refractivity contribution in [2.45, 2.75) is 31.5 Å². The van der Waals surface area contributed by atoms with Crippen molar-refractivity contribution < 1.29 is 27.6 Å². The van der Waals surface area contributed by atoms with Crippen molar-refractivity contribution in [3.05, 3.63) is 59.2 Å². The number of carbonyl (C=O) groups excluding carboxylic acids is 3. The number of alkyl halides is 3. The number of aromatic amines is 1. The Labute approximate surface area is 216 Å². The first-order valence-electron chi connectivity index (χ1n) is 12.5. The summed E-state index contributed by atoms with van der Waals surface area (Å²) < 4.78 is 38.2. The van der Waals surface area contributed by atoms with Crippen LogP contribution in [0, 0.1) is 0 Å². The van der Waals surface area contributed by atoms with E-state index in [-0.39, 0.29) is 29.8 Å². The van der Waals surface area contributed by atoms with E-state index in [4.69, 9.17) is 0 Å². The van der Waals surface area contributed by atoms with E-state index in [9.17, 15) is 27.6 Å². The van der Waals surface area contributed by atoms with Gasteiger partial charge in [-0.3, -0.25) is 24.4 Å². The second kappa shape index (κ2) is 10.5. The molecule has 2 fully saturated rings. The van der Waals surface area contributed by atoms with Gasteiger partial charge < -0.3 is 9.80 Å². The van der Waals surface area contributed by atoms with Gasteiger partial charge in [0.1, 0.15) is 5.52 Å². The van der Waals surface area contributed by atoms with Crippen molar-refractivity contribution in [1.29, 1.82) is 0 Å². The lowest BCUT2D eigenvalue weighted by molar-refractivity contribution is -0.137. The van der Waals surface area contributed by atoms with Crippen LogP contribution in [0.3, 0.4) is 0 Å². The number of hydrogen-bond acceptors (Lipinski definition) is 6. The van der Waals surface area contributed by atoms with Gasteiger partial charge in [0.15, 0.2) is 5.78 Å². The maximum atomic E-state index is 12.9. The largest absolute Gasteiger partial charge is 0.416 e. The third-order valence-corrected chi connectivity index (χ3v) is 7.35. The third-order valence-electron chi connectivity index (χ3n) is 7.35. The van der Waals surface area contributed by atoms with Gasteiger partial charge in [0.05, 0.1) is 17.5 Å². The first-order valence-corrected chi connectivity index (χ1v) is 12.5. The van der Waals surface area contributed by atoms with E-state index < -0.39 is 17.5 Å². The molecule has 0 saturated carbocycles. The number of amides is 2. The van der Waals surface area contributed by atoms with Gasteiger partial charge in [0, 0.05) is 56.4 Å². The number of H-pyrrole nitrogens is 1. The van der Waals surface area contributed by atoms with Gasteiger partial charge in [-0.15, -0.1) is 5.10 Å². The Kier molecular flexibility index (Phi) is 7.15. The van der Waals surface area contributed by atoms with Crippen LogP contribution in [0.4, 0.5) is 13.2 Å². The molecule has 9 nitrogen and oxygen atoms in total. The van der Waals surface area contributed by atoms with E-state index in [0.717, 1.165) is 55.7 Å². The summed E-state index contributed by atoms with van der Waals surface area (Å²) in [7, 11) is 0. The predicted molar refractivity (Wildman–Crippen MR) is 131 cm³/mol. The van der Waals surface area contributed by atoms with Gasteiger partial charge >= 0.3 is 6.18 Å². The van der Waals surface area contributed by atoms with Gasteiger partial charge in [0.25, 0.3) is 5.91 Å².